The maximum absolute atomic E-state index is 11.8. The van der Waals surface area contributed by atoms with Crippen LogP contribution in [0.2, 0.25) is 0 Å². The first-order chi connectivity index (χ1) is 15.4. The van der Waals surface area contributed by atoms with Crippen molar-refractivity contribution in [3.8, 4) is 0 Å². The quantitative estimate of drug-likeness (QED) is 0.316. The predicted octanol–water partition coefficient (Wildman–Crippen LogP) is 8.22. The molecule has 3 rings (SSSR count). The number of carbonyl (C=O) groups excluding carboxylic acids is 1. The molecule has 2 unspecified atom stereocenters. The summed E-state index contributed by atoms with van der Waals surface area (Å²) in [4.78, 5) is 11.8. The number of hydrogen-bond acceptors (Lipinski definition) is 2. The van der Waals surface area contributed by atoms with Gasteiger partial charge in [-0.1, -0.05) is 85.2 Å². The molecule has 2 aromatic carbocycles. The van der Waals surface area contributed by atoms with Gasteiger partial charge < -0.3 is 4.74 Å². The van der Waals surface area contributed by atoms with Gasteiger partial charge in [0.05, 0.1) is 12.7 Å². The van der Waals surface area contributed by atoms with Crippen molar-refractivity contribution in [1.29, 1.82) is 0 Å². The minimum absolute atomic E-state index is 0.144. The summed E-state index contributed by atoms with van der Waals surface area (Å²) in [5.74, 6) is 1.00. The van der Waals surface area contributed by atoms with E-state index in [1.807, 2.05) is 24.3 Å². The third-order valence-electron chi connectivity index (χ3n) is 8.54. The number of allylic oxidation sites excluding steroid dienone is 1. The van der Waals surface area contributed by atoms with Crippen LogP contribution in [0, 0.1) is 11.8 Å². The lowest BCUT2D eigenvalue weighted by atomic mass is 9.71. The molecule has 178 valence electrons. The molecule has 0 saturated carbocycles. The monoisotopic (exact) mass is 446 g/mol. The van der Waals surface area contributed by atoms with Crippen molar-refractivity contribution in [2.24, 2.45) is 11.8 Å². The molecule has 0 amide bonds. The fraction of sp³-hybridized carbons (Fsp3) is 0.516. The topological polar surface area (TPSA) is 26.3 Å². The number of fused-ring (bicyclic) bond motifs is 1. The van der Waals surface area contributed by atoms with Crippen LogP contribution in [0.1, 0.15) is 106 Å². The molecule has 2 heteroatoms. The zero-order valence-electron chi connectivity index (χ0n) is 22.1. The number of rotatable bonds is 7. The van der Waals surface area contributed by atoms with E-state index in [4.69, 9.17) is 4.74 Å². The molecule has 0 saturated heterocycles. The van der Waals surface area contributed by atoms with Crippen LogP contribution in [0.3, 0.4) is 0 Å². The van der Waals surface area contributed by atoms with Gasteiger partial charge in [0.1, 0.15) is 0 Å². The van der Waals surface area contributed by atoms with Crippen LogP contribution in [0.25, 0.3) is 11.6 Å². The molecule has 2 atom stereocenters. The Morgan fingerprint density at radius 3 is 2.18 bits per heavy atom. The summed E-state index contributed by atoms with van der Waals surface area (Å²) in [7, 11) is 1.42. The summed E-state index contributed by atoms with van der Waals surface area (Å²) in [5.41, 5.74) is 9.12. The number of methoxy groups -OCH3 is 1. The van der Waals surface area contributed by atoms with Crippen LogP contribution in [0.5, 0.6) is 0 Å². The largest absolute Gasteiger partial charge is 0.465 e. The van der Waals surface area contributed by atoms with Crippen molar-refractivity contribution < 1.29 is 9.53 Å². The van der Waals surface area contributed by atoms with Crippen LogP contribution in [0.4, 0.5) is 0 Å². The van der Waals surface area contributed by atoms with E-state index >= 15 is 0 Å². The molecule has 0 aromatic heterocycles. The SMILES string of the molecule is CCC(C)CCc1cc2c(cc1C(C)=Cc1ccc(C(=O)OC)cc1)C(C)(C)C(C)C2(C)C. The molecule has 33 heavy (non-hydrogen) atoms. The highest BCUT2D eigenvalue weighted by Gasteiger charge is 2.48. The van der Waals surface area contributed by atoms with Gasteiger partial charge in [0.15, 0.2) is 0 Å². The van der Waals surface area contributed by atoms with Gasteiger partial charge in [-0.3, -0.25) is 0 Å². The van der Waals surface area contributed by atoms with Crippen LogP contribution in [-0.2, 0) is 22.0 Å². The van der Waals surface area contributed by atoms with Gasteiger partial charge in [0.25, 0.3) is 0 Å². The van der Waals surface area contributed by atoms with E-state index in [1.165, 1.54) is 47.8 Å². The van der Waals surface area contributed by atoms with Crippen LogP contribution < -0.4 is 0 Å². The number of benzene rings is 2. The minimum Gasteiger partial charge on any atom is -0.465 e. The zero-order chi connectivity index (χ0) is 24.6. The van der Waals surface area contributed by atoms with Crippen molar-refractivity contribution in [3.63, 3.8) is 0 Å². The van der Waals surface area contributed by atoms with E-state index in [1.54, 1.807) is 0 Å². The summed E-state index contributed by atoms with van der Waals surface area (Å²) < 4.78 is 4.83. The summed E-state index contributed by atoms with van der Waals surface area (Å²) >= 11 is 0. The predicted molar refractivity (Wildman–Crippen MR) is 141 cm³/mol. The lowest BCUT2D eigenvalue weighted by Gasteiger charge is -2.32. The van der Waals surface area contributed by atoms with Crippen molar-refractivity contribution in [2.75, 3.05) is 7.11 Å². The van der Waals surface area contributed by atoms with Gasteiger partial charge in [0.2, 0.25) is 0 Å². The number of aryl methyl sites for hydroxylation is 1. The molecule has 2 nitrogen and oxygen atoms in total. The van der Waals surface area contributed by atoms with Crippen LogP contribution in [-0.4, -0.2) is 13.1 Å². The second-order valence-corrected chi connectivity index (χ2v) is 11.2. The fourth-order valence-corrected chi connectivity index (χ4v) is 5.42. The van der Waals surface area contributed by atoms with E-state index in [2.05, 4.69) is 73.6 Å². The number of carbonyl (C=O) groups is 1. The number of esters is 1. The van der Waals surface area contributed by atoms with Gasteiger partial charge in [-0.05, 0) is 88.0 Å². The van der Waals surface area contributed by atoms with Gasteiger partial charge in [-0.2, -0.15) is 0 Å². The van der Waals surface area contributed by atoms with Gasteiger partial charge in [-0.15, -0.1) is 0 Å². The Kier molecular flexibility index (Phi) is 7.27. The first-order valence-corrected chi connectivity index (χ1v) is 12.5. The third-order valence-corrected chi connectivity index (χ3v) is 8.54. The molecule has 1 aliphatic carbocycles. The molecule has 0 radical (unpaired) electrons. The third kappa shape index (κ3) is 4.81. The van der Waals surface area contributed by atoms with Gasteiger partial charge >= 0.3 is 5.97 Å². The Labute approximate surface area is 201 Å². The molecule has 0 heterocycles. The standard InChI is InChI=1S/C31H42O2/c1-10-20(2)11-14-25-18-27-28(31(7,8)22(4)30(27,5)6)19-26(25)21(3)17-23-12-15-24(16-13-23)29(32)33-9/h12-13,15-20,22H,10-11,14H2,1-9H3. The Hall–Kier alpha value is -2.35. The maximum Gasteiger partial charge on any atom is 0.337 e. The van der Waals surface area contributed by atoms with Crippen molar-refractivity contribution in [2.45, 2.75) is 85.5 Å². The molecular weight excluding hydrogens is 404 g/mol. The normalized spacial score (nSPS) is 19.8. The summed E-state index contributed by atoms with van der Waals surface area (Å²) in [6, 6.07) is 12.7. The molecule has 0 fully saturated rings. The summed E-state index contributed by atoms with van der Waals surface area (Å²) in [6.07, 6.45) is 5.78. The average molecular weight is 447 g/mol. The maximum atomic E-state index is 11.8. The Bertz CT molecular complexity index is 1040. The van der Waals surface area contributed by atoms with Gasteiger partial charge in [0, 0.05) is 0 Å². The zero-order valence-corrected chi connectivity index (χ0v) is 22.1. The minimum atomic E-state index is -0.299. The first kappa shape index (κ1) is 25.3. The molecule has 0 aliphatic heterocycles. The Balaban J connectivity index is 2.08. The second kappa shape index (κ2) is 9.49. The van der Waals surface area contributed by atoms with Crippen molar-refractivity contribution >= 4 is 17.6 Å². The Morgan fingerprint density at radius 1 is 1.06 bits per heavy atom. The van der Waals surface area contributed by atoms with Crippen LogP contribution in [0.15, 0.2) is 36.4 Å². The van der Waals surface area contributed by atoms with Gasteiger partial charge in [-0.25, -0.2) is 4.79 Å². The first-order valence-electron chi connectivity index (χ1n) is 12.5. The van der Waals surface area contributed by atoms with E-state index < -0.39 is 0 Å². The van der Waals surface area contributed by atoms with Crippen molar-refractivity contribution in [3.05, 3.63) is 69.8 Å². The summed E-state index contributed by atoms with van der Waals surface area (Å²) in [5, 5.41) is 0. The lowest BCUT2D eigenvalue weighted by Crippen LogP contribution is -2.30. The number of hydrogen-bond donors (Lipinski definition) is 0. The smallest absolute Gasteiger partial charge is 0.337 e. The highest BCUT2D eigenvalue weighted by Crippen LogP contribution is 2.54. The van der Waals surface area contributed by atoms with E-state index in [0.717, 1.165) is 17.9 Å². The molecule has 1 aliphatic rings. The average Bonchev–Trinajstić information content (AvgIpc) is 2.93. The van der Waals surface area contributed by atoms with E-state index in [-0.39, 0.29) is 16.8 Å². The molecule has 0 bridgehead atoms. The fourth-order valence-electron chi connectivity index (χ4n) is 5.42. The highest BCUT2D eigenvalue weighted by atomic mass is 16.5. The van der Waals surface area contributed by atoms with Crippen molar-refractivity contribution in [1.82, 2.24) is 0 Å². The lowest BCUT2D eigenvalue weighted by molar-refractivity contribution is 0.0600. The van der Waals surface area contributed by atoms with Crippen LogP contribution >= 0.6 is 0 Å². The molecule has 0 N–H and O–H groups in total. The van der Waals surface area contributed by atoms with E-state index in [9.17, 15) is 4.79 Å². The summed E-state index contributed by atoms with van der Waals surface area (Å²) in [6.45, 7) is 18.9. The second-order valence-electron chi connectivity index (χ2n) is 11.2. The molecular formula is C31H42O2. The Morgan fingerprint density at radius 2 is 1.64 bits per heavy atom. The molecule has 0 spiro atoms. The van der Waals surface area contributed by atoms with E-state index in [0.29, 0.717) is 11.5 Å². The highest BCUT2D eigenvalue weighted by molar-refractivity contribution is 5.90. The number of ether oxygens (including phenoxy) is 1. The molecule has 2 aromatic rings.